The van der Waals surface area contributed by atoms with Gasteiger partial charge < -0.3 is 10.4 Å². The second-order valence-electron chi connectivity index (χ2n) is 5.63. The lowest BCUT2D eigenvalue weighted by Gasteiger charge is -2.18. The third-order valence-electron chi connectivity index (χ3n) is 3.91. The first-order chi connectivity index (χ1) is 11.6. The van der Waals surface area contributed by atoms with Crippen LogP contribution in [-0.2, 0) is 15.2 Å². The highest BCUT2D eigenvalue weighted by Crippen LogP contribution is 2.38. The fourth-order valence-electron chi connectivity index (χ4n) is 2.68. The quantitative estimate of drug-likeness (QED) is 0.657. The van der Waals surface area contributed by atoms with Crippen molar-refractivity contribution in [1.82, 2.24) is 0 Å². The van der Waals surface area contributed by atoms with E-state index in [0.29, 0.717) is 11.3 Å². The Morgan fingerprint density at radius 3 is 2.54 bits per heavy atom. The fourth-order valence-corrected chi connectivity index (χ4v) is 2.68. The minimum Gasteiger partial charge on any atom is -0.375 e. The Morgan fingerprint density at radius 2 is 1.75 bits per heavy atom. The molecule has 2 N–H and O–H groups in total. The number of nitrogens with one attached hydrogen (secondary N) is 1. The number of rotatable bonds is 5. The van der Waals surface area contributed by atoms with Crippen LogP contribution in [0.25, 0.3) is 6.08 Å². The molecule has 0 aliphatic carbocycles. The summed E-state index contributed by atoms with van der Waals surface area (Å²) in [6.45, 7) is 0. The molecule has 0 aromatic heterocycles. The molecule has 24 heavy (non-hydrogen) atoms. The van der Waals surface area contributed by atoms with Gasteiger partial charge in [-0.05, 0) is 17.7 Å². The molecule has 4 nitrogen and oxygen atoms in total. The van der Waals surface area contributed by atoms with Gasteiger partial charge in [0.1, 0.15) is 0 Å². The molecule has 1 amide bonds. The van der Waals surface area contributed by atoms with Crippen LogP contribution >= 0.6 is 0 Å². The van der Waals surface area contributed by atoms with Crippen molar-refractivity contribution >= 4 is 23.5 Å². The Bertz CT molecular complexity index is 824. The number of allylic oxidation sites excluding steroid dienone is 3. The molecule has 2 aromatic rings. The minimum atomic E-state index is -1.80. The molecule has 0 unspecified atom stereocenters. The van der Waals surface area contributed by atoms with Crippen LogP contribution < -0.4 is 5.32 Å². The Labute approximate surface area is 140 Å². The van der Waals surface area contributed by atoms with Crippen LogP contribution in [0, 0.1) is 0 Å². The Morgan fingerprint density at radius 1 is 1.04 bits per heavy atom. The van der Waals surface area contributed by atoms with Crippen LogP contribution in [-0.4, -0.2) is 16.8 Å². The predicted molar refractivity (Wildman–Crippen MR) is 93.2 cm³/mol. The molecule has 4 heteroatoms. The summed E-state index contributed by atoms with van der Waals surface area (Å²) in [5.41, 5.74) is 0.209. The number of carbonyl (C=O) groups is 2. The maximum atomic E-state index is 12.1. The summed E-state index contributed by atoms with van der Waals surface area (Å²) in [5, 5.41) is 13.2. The van der Waals surface area contributed by atoms with Crippen molar-refractivity contribution in [2.75, 3.05) is 5.32 Å². The second-order valence-corrected chi connectivity index (χ2v) is 5.63. The zero-order chi connectivity index (χ0) is 17.0. The highest BCUT2D eigenvalue weighted by Gasteiger charge is 2.46. The van der Waals surface area contributed by atoms with Crippen LogP contribution in [0.15, 0.2) is 72.8 Å². The van der Waals surface area contributed by atoms with Gasteiger partial charge in [0.05, 0.1) is 6.42 Å². The second kappa shape index (κ2) is 6.64. The van der Waals surface area contributed by atoms with Gasteiger partial charge in [-0.15, -0.1) is 0 Å². The van der Waals surface area contributed by atoms with Crippen molar-refractivity contribution in [3.63, 3.8) is 0 Å². The molecule has 1 heterocycles. The summed E-state index contributed by atoms with van der Waals surface area (Å²) in [6, 6.07) is 16.5. The number of benzene rings is 2. The average molecular weight is 319 g/mol. The molecular weight excluding hydrogens is 302 g/mol. The SMILES string of the molecule is O=C(C=CC=Cc1ccccc1)C[C@@]1(O)C(=O)Nc2ccccc21. The molecule has 0 radical (unpaired) electrons. The van der Waals surface area contributed by atoms with Gasteiger partial charge in [-0.3, -0.25) is 9.59 Å². The number of hydrogen-bond acceptors (Lipinski definition) is 3. The van der Waals surface area contributed by atoms with E-state index in [9.17, 15) is 14.7 Å². The van der Waals surface area contributed by atoms with Gasteiger partial charge in [0.2, 0.25) is 0 Å². The Kier molecular flexibility index (Phi) is 4.40. The highest BCUT2D eigenvalue weighted by molar-refractivity contribution is 6.08. The van der Waals surface area contributed by atoms with Gasteiger partial charge in [-0.25, -0.2) is 0 Å². The molecule has 0 bridgehead atoms. The standard InChI is InChI=1S/C20H17NO3/c22-16(11-5-4-10-15-8-2-1-3-9-15)14-20(24)17-12-6-7-13-18(17)21-19(20)23/h1-13,24H,14H2,(H,21,23)/t20-/m0/s1. The first-order valence-corrected chi connectivity index (χ1v) is 7.65. The van der Waals surface area contributed by atoms with Gasteiger partial charge >= 0.3 is 0 Å². The molecule has 1 aliphatic heterocycles. The van der Waals surface area contributed by atoms with E-state index in [0.717, 1.165) is 5.56 Å². The maximum Gasteiger partial charge on any atom is 0.261 e. The summed E-state index contributed by atoms with van der Waals surface area (Å²) < 4.78 is 0. The Balaban J connectivity index is 1.68. The zero-order valence-corrected chi connectivity index (χ0v) is 13.0. The summed E-state index contributed by atoms with van der Waals surface area (Å²) in [7, 11) is 0. The lowest BCUT2D eigenvalue weighted by Crippen LogP contribution is -2.36. The fraction of sp³-hybridized carbons (Fsp3) is 0.100. The van der Waals surface area contributed by atoms with Crippen molar-refractivity contribution in [3.8, 4) is 0 Å². The summed E-state index contributed by atoms with van der Waals surface area (Å²) in [6.07, 6.45) is 6.31. The molecule has 2 aromatic carbocycles. The molecular formula is C20H17NO3. The van der Waals surface area contributed by atoms with Crippen molar-refractivity contribution in [3.05, 3.63) is 84.0 Å². The topological polar surface area (TPSA) is 66.4 Å². The first-order valence-electron chi connectivity index (χ1n) is 7.65. The van der Waals surface area contributed by atoms with Crippen LogP contribution in [0.2, 0.25) is 0 Å². The van der Waals surface area contributed by atoms with Crippen LogP contribution in [0.3, 0.4) is 0 Å². The van der Waals surface area contributed by atoms with E-state index in [1.165, 1.54) is 6.08 Å². The van der Waals surface area contributed by atoms with Gasteiger partial charge in [-0.1, -0.05) is 66.8 Å². The summed E-state index contributed by atoms with van der Waals surface area (Å²) in [5.74, 6) is -0.882. The zero-order valence-electron chi connectivity index (χ0n) is 13.0. The number of amides is 1. The lowest BCUT2D eigenvalue weighted by molar-refractivity contribution is -0.138. The Hall–Kier alpha value is -2.98. The predicted octanol–water partition coefficient (Wildman–Crippen LogP) is 3.06. The first kappa shape index (κ1) is 15.9. The number of hydrogen-bond donors (Lipinski definition) is 2. The number of para-hydroxylation sites is 1. The van der Waals surface area contributed by atoms with E-state index in [2.05, 4.69) is 5.32 Å². The molecule has 0 saturated carbocycles. The summed E-state index contributed by atoms with van der Waals surface area (Å²) in [4.78, 5) is 24.2. The van der Waals surface area contributed by atoms with E-state index in [1.807, 2.05) is 36.4 Å². The number of ketones is 1. The monoisotopic (exact) mass is 319 g/mol. The third-order valence-corrected chi connectivity index (χ3v) is 3.91. The molecule has 0 saturated heterocycles. The highest BCUT2D eigenvalue weighted by atomic mass is 16.3. The third kappa shape index (κ3) is 3.19. The van der Waals surface area contributed by atoms with E-state index < -0.39 is 11.5 Å². The largest absolute Gasteiger partial charge is 0.375 e. The van der Waals surface area contributed by atoms with Gasteiger partial charge in [0, 0.05) is 11.3 Å². The van der Waals surface area contributed by atoms with Gasteiger partial charge in [0.25, 0.3) is 5.91 Å². The van der Waals surface area contributed by atoms with Crippen LogP contribution in [0.1, 0.15) is 17.5 Å². The average Bonchev–Trinajstić information content (AvgIpc) is 2.84. The van der Waals surface area contributed by atoms with E-state index in [1.54, 1.807) is 36.4 Å². The number of anilines is 1. The van der Waals surface area contributed by atoms with Crippen LogP contribution in [0.5, 0.6) is 0 Å². The van der Waals surface area contributed by atoms with Gasteiger partial charge in [0.15, 0.2) is 11.4 Å². The molecule has 120 valence electrons. The molecule has 0 spiro atoms. The van der Waals surface area contributed by atoms with Crippen LogP contribution in [0.4, 0.5) is 5.69 Å². The van der Waals surface area contributed by atoms with Gasteiger partial charge in [-0.2, -0.15) is 0 Å². The number of fused-ring (bicyclic) bond motifs is 1. The van der Waals surface area contributed by atoms with E-state index in [4.69, 9.17) is 0 Å². The minimum absolute atomic E-state index is 0.286. The van der Waals surface area contributed by atoms with E-state index in [-0.39, 0.29) is 12.2 Å². The van der Waals surface area contributed by atoms with Crippen molar-refractivity contribution < 1.29 is 14.7 Å². The maximum absolute atomic E-state index is 12.1. The van der Waals surface area contributed by atoms with Crippen molar-refractivity contribution in [2.24, 2.45) is 0 Å². The molecule has 0 fully saturated rings. The summed E-state index contributed by atoms with van der Waals surface area (Å²) >= 11 is 0. The molecule has 1 atom stereocenters. The lowest BCUT2D eigenvalue weighted by atomic mass is 9.90. The molecule has 3 rings (SSSR count). The van der Waals surface area contributed by atoms with Crippen molar-refractivity contribution in [2.45, 2.75) is 12.0 Å². The van der Waals surface area contributed by atoms with Crippen molar-refractivity contribution in [1.29, 1.82) is 0 Å². The normalized spacial score (nSPS) is 19.6. The van der Waals surface area contributed by atoms with E-state index >= 15 is 0 Å². The number of aliphatic hydroxyl groups is 1. The smallest absolute Gasteiger partial charge is 0.261 e. The number of carbonyl (C=O) groups excluding carboxylic acids is 2. The molecule has 1 aliphatic rings.